The molecule has 7 heteroatoms. The number of ether oxygens (including phenoxy) is 2. The number of aryl methyl sites for hydroxylation is 1. The average molecular weight is 629 g/mol. The first-order chi connectivity index (χ1) is 22.3. The van der Waals surface area contributed by atoms with Gasteiger partial charge in [-0.15, -0.1) is 0 Å². The molecule has 248 valence electrons. The Morgan fingerprint density at radius 1 is 0.935 bits per heavy atom. The lowest BCUT2D eigenvalue weighted by atomic mass is 9.51. The number of esters is 1. The third-order valence-electron chi connectivity index (χ3n) is 11.4. The molecule has 2 heterocycles. The third-order valence-corrected chi connectivity index (χ3v) is 11.4. The van der Waals surface area contributed by atoms with Gasteiger partial charge >= 0.3 is 5.97 Å². The Morgan fingerprint density at radius 3 is 2.37 bits per heavy atom. The molecule has 1 amide bonds. The molecule has 5 atom stereocenters. The minimum absolute atomic E-state index is 0.0387. The zero-order valence-corrected chi connectivity index (χ0v) is 28.1. The Morgan fingerprint density at radius 2 is 1.65 bits per heavy atom. The molecule has 2 fully saturated rings. The fourth-order valence-corrected chi connectivity index (χ4v) is 9.37. The molecule has 2 bridgehead atoms. The van der Waals surface area contributed by atoms with Crippen LogP contribution in [0.25, 0.3) is 0 Å². The van der Waals surface area contributed by atoms with Gasteiger partial charge in [-0.2, -0.15) is 0 Å². The molecule has 46 heavy (non-hydrogen) atoms. The number of amides is 1. The maximum absolute atomic E-state index is 13.6. The number of benzene rings is 2. The summed E-state index contributed by atoms with van der Waals surface area (Å²) in [4.78, 5) is 42.2. The Bertz CT molecular complexity index is 1410. The lowest BCUT2D eigenvalue weighted by Gasteiger charge is -2.60. The number of piperidine rings is 1. The maximum atomic E-state index is 13.6. The maximum Gasteiger partial charge on any atom is 0.308 e. The monoisotopic (exact) mass is 628 g/mol. The summed E-state index contributed by atoms with van der Waals surface area (Å²) in [7, 11) is 1.96. The fraction of sp³-hybridized carbons (Fsp3) is 0.615. The lowest BCUT2D eigenvalue weighted by Crippen LogP contribution is -2.69. The minimum Gasteiger partial charge on any atom is -0.483 e. The molecule has 6 rings (SSSR count). The van der Waals surface area contributed by atoms with Gasteiger partial charge < -0.3 is 14.4 Å². The SMILES string of the molecule is CC(=O)CN1CC[C@]23c4c5ccc(OC(C)=O)c4O[C@H]2[C@H](N(C)C(=O)CCCCCCCCCCc2ccccc2)CC[C@H]3[C@H]1C5. The normalized spacial score (nSPS) is 25.8. The Kier molecular flexibility index (Phi) is 10.2. The second-order valence-corrected chi connectivity index (χ2v) is 14.4. The van der Waals surface area contributed by atoms with Crippen molar-refractivity contribution in [3.63, 3.8) is 0 Å². The van der Waals surface area contributed by atoms with Gasteiger partial charge in [0, 0.05) is 37.4 Å². The zero-order valence-electron chi connectivity index (χ0n) is 28.1. The summed E-state index contributed by atoms with van der Waals surface area (Å²) in [5.74, 6) is 1.56. The Labute approximate surface area is 275 Å². The van der Waals surface area contributed by atoms with Gasteiger partial charge in [0.1, 0.15) is 11.9 Å². The zero-order chi connectivity index (χ0) is 32.3. The number of unbranched alkanes of at least 4 members (excludes halogenated alkanes) is 7. The number of carbonyl (C=O) groups excluding carboxylic acids is 3. The third kappa shape index (κ3) is 6.49. The predicted octanol–water partition coefficient (Wildman–Crippen LogP) is 6.82. The van der Waals surface area contributed by atoms with Crippen LogP contribution in [0.5, 0.6) is 11.5 Å². The Hall–Kier alpha value is -3.19. The van der Waals surface area contributed by atoms with Crippen molar-refractivity contribution in [1.29, 1.82) is 0 Å². The largest absolute Gasteiger partial charge is 0.483 e. The summed E-state index contributed by atoms with van der Waals surface area (Å²) in [6, 6.07) is 14.9. The number of likely N-dealkylation sites (tertiary alicyclic amines) is 1. The summed E-state index contributed by atoms with van der Waals surface area (Å²) in [5.41, 5.74) is 3.62. The van der Waals surface area contributed by atoms with Crippen LogP contribution in [0.4, 0.5) is 0 Å². The molecule has 0 N–H and O–H groups in total. The number of carbonyl (C=O) groups is 3. The number of ketones is 1. The number of Topliss-reactive ketones (excluding diaryl/α,β-unsaturated/α-hetero) is 1. The van der Waals surface area contributed by atoms with E-state index in [2.05, 4.69) is 41.3 Å². The van der Waals surface area contributed by atoms with E-state index in [1.165, 1.54) is 68.6 Å². The summed E-state index contributed by atoms with van der Waals surface area (Å²) < 4.78 is 12.5. The molecule has 0 aromatic heterocycles. The van der Waals surface area contributed by atoms with Crippen LogP contribution in [0.1, 0.15) is 108 Å². The van der Waals surface area contributed by atoms with Crippen molar-refractivity contribution in [2.45, 2.75) is 127 Å². The van der Waals surface area contributed by atoms with E-state index in [1.54, 1.807) is 6.92 Å². The van der Waals surface area contributed by atoms with Crippen molar-refractivity contribution in [1.82, 2.24) is 9.80 Å². The van der Waals surface area contributed by atoms with E-state index in [0.717, 1.165) is 45.1 Å². The number of likely N-dealkylation sites (N-methyl/N-ethyl adjacent to an activating group) is 1. The van der Waals surface area contributed by atoms with Gasteiger partial charge in [0.15, 0.2) is 11.5 Å². The molecule has 0 unspecified atom stereocenters. The number of hydrogen-bond acceptors (Lipinski definition) is 6. The van der Waals surface area contributed by atoms with Crippen molar-refractivity contribution < 1.29 is 23.9 Å². The van der Waals surface area contributed by atoms with E-state index >= 15 is 0 Å². The van der Waals surface area contributed by atoms with E-state index in [-0.39, 0.29) is 41.3 Å². The summed E-state index contributed by atoms with van der Waals surface area (Å²) >= 11 is 0. The van der Waals surface area contributed by atoms with E-state index in [1.807, 2.05) is 18.0 Å². The van der Waals surface area contributed by atoms with Crippen LogP contribution in [0.3, 0.4) is 0 Å². The van der Waals surface area contributed by atoms with E-state index in [4.69, 9.17) is 9.47 Å². The van der Waals surface area contributed by atoms with Gasteiger partial charge in [0.2, 0.25) is 5.91 Å². The van der Waals surface area contributed by atoms with Crippen molar-refractivity contribution in [2.75, 3.05) is 20.1 Å². The molecule has 4 aliphatic rings. The molecule has 2 aromatic rings. The average Bonchev–Trinajstić information content (AvgIpc) is 3.39. The van der Waals surface area contributed by atoms with Crippen LogP contribution < -0.4 is 9.47 Å². The van der Waals surface area contributed by atoms with Crippen molar-refractivity contribution in [3.05, 3.63) is 59.2 Å². The first-order valence-electron chi connectivity index (χ1n) is 17.8. The highest BCUT2D eigenvalue weighted by atomic mass is 16.6. The highest BCUT2D eigenvalue weighted by Crippen LogP contribution is 2.64. The molecule has 1 saturated carbocycles. The van der Waals surface area contributed by atoms with Crippen molar-refractivity contribution >= 4 is 17.7 Å². The van der Waals surface area contributed by atoms with E-state index < -0.39 is 0 Å². The van der Waals surface area contributed by atoms with Crippen molar-refractivity contribution in [3.8, 4) is 11.5 Å². The highest BCUT2D eigenvalue weighted by molar-refractivity contribution is 5.78. The standard InChI is InChI=1S/C39H52N2O5/c1-27(42)26-41-24-23-39-31-20-21-32(38(39)46-37-34(45-28(2)43)22-19-30(36(37)39)25-33(31)41)40(3)35(44)18-14-9-7-5-4-6-8-11-15-29-16-12-10-13-17-29/h10,12-13,16-17,19,22,31-33,38H,4-9,11,14-15,18,20-21,23-26H2,1-3H3/t31-,32+,33+,38-,39-/m0/s1. The van der Waals surface area contributed by atoms with Gasteiger partial charge in [-0.1, -0.05) is 74.9 Å². The molecular weight excluding hydrogens is 576 g/mol. The van der Waals surface area contributed by atoms with Gasteiger partial charge in [-0.3, -0.25) is 19.3 Å². The molecular formula is C39H52N2O5. The van der Waals surface area contributed by atoms with Crippen LogP contribution in [-0.4, -0.2) is 65.8 Å². The van der Waals surface area contributed by atoms with Crippen LogP contribution in [0, 0.1) is 5.92 Å². The molecule has 2 aliphatic heterocycles. The first-order valence-corrected chi connectivity index (χ1v) is 17.8. The van der Waals surface area contributed by atoms with Gasteiger partial charge in [0.05, 0.1) is 12.6 Å². The van der Waals surface area contributed by atoms with Gasteiger partial charge in [-0.25, -0.2) is 0 Å². The first kappa shape index (κ1) is 32.7. The van der Waals surface area contributed by atoms with Crippen LogP contribution in [-0.2, 0) is 32.6 Å². The van der Waals surface area contributed by atoms with Gasteiger partial charge in [-0.05, 0) is 81.5 Å². The van der Waals surface area contributed by atoms with Crippen LogP contribution in [0.15, 0.2) is 42.5 Å². The fourth-order valence-electron chi connectivity index (χ4n) is 9.37. The number of hydrogen-bond donors (Lipinski definition) is 0. The minimum atomic E-state index is -0.361. The second kappa shape index (κ2) is 14.3. The number of rotatable bonds is 15. The molecule has 2 aromatic carbocycles. The smallest absolute Gasteiger partial charge is 0.308 e. The number of nitrogens with zero attached hydrogens (tertiary/aromatic N) is 2. The Balaban J connectivity index is 1.05. The molecule has 1 saturated heterocycles. The van der Waals surface area contributed by atoms with Gasteiger partial charge in [0.25, 0.3) is 0 Å². The topological polar surface area (TPSA) is 76.2 Å². The summed E-state index contributed by atoms with van der Waals surface area (Å²) in [6.07, 6.45) is 14.7. The lowest BCUT2D eigenvalue weighted by molar-refractivity contribution is -0.141. The summed E-state index contributed by atoms with van der Waals surface area (Å²) in [5, 5.41) is 0. The van der Waals surface area contributed by atoms with Crippen LogP contribution >= 0.6 is 0 Å². The highest BCUT2D eigenvalue weighted by Gasteiger charge is 2.66. The molecule has 1 spiro atoms. The molecule has 0 radical (unpaired) electrons. The molecule has 2 aliphatic carbocycles. The second-order valence-electron chi connectivity index (χ2n) is 14.4. The van der Waals surface area contributed by atoms with E-state index in [9.17, 15) is 14.4 Å². The molecule has 7 nitrogen and oxygen atoms in total. The predicted molar refractivity (Wildman–Crippen MR) is 179 cm³/mol. The van der Waals surface area contributed by atoms with E-state index in [0.29, 0.717) is 30.4 Å². The van der Waals surface area contributed by atoms with Crippen molar-refractivity contribution in [2.24, 2.45) is 5.92 Å². The quantitative estimate of drug-likeness (QED) is 0.122. The van der Waals surface area contributed by atoms with Crippen LogP contribution in [0.2, 0.25) is 0 Å². The summed E-state index contributed by atoms with van der Waals surface area (Å²) in [6.45, 7) is 4.41.